The van der Waals surface area contributed by atoms with Crippen molar-refractivity contribution in [1.82, 2.24) is 15.4 Å². The van der Waals surface area contributed by atoms with Crippen LogP contribution < -0.4 is 16.4 Å². The van der Waals surface area contributed by atoms with Crippen LogP contribution in [0.15, 0.2) is 53.5 Å². The predicted molar refractivity (Wildman–Crippen MR) is 167 cm³/mol. The number of pyridine rings is 1. The highest BCUT2D eigenvalue weighted by Gasteiger charge is 2.44. The largest absolute Gasteiger partial charge is 0.377 e. The number of aryl methyl sites for hydroxylation is 1. The fourth-order valence-electron chi connectivity index (χ4n) is 4.95. The van der Waals surface area contributed by atoms with Crippen LogP contribution in [-0.4, -0.2) is 62.0 Å². The van der Waals surface area contributed by atoms with Crippen molar-refractivity contribution in [2.45, 2.75) is 76.2 Å². The number of aromatic nitrogens is 1. The number of nitrogens with zero attached hydrogens (tertiary/aromatic N) is 1. The van der Waals surface area contributed by atoms with Crippen molar-refractivity contribution < 1.29 is 31.9 Å². The van der Waals surface area contributed by atoms with Crippen LogP contribution in [-0.2, 0) is 42.0 Å². The van der Waals surface area contributed by atoms with Crippen molar-refractivity contribution in [1.29, 1.82) is 0 Å². The minimum atomic E-state index is -3.89. The maximum absolute atomic E-state index is 15.1. The first-order valence-electron chi connectivity index (χ1n) is 14.7. The molecule has 1 fully saturated rings. The standard InChI is InChI=1S/C32H42FN3O7S/c1-31(2,41-4)21-34-20-22-9-11-25(27(33)18-22)23-10-12-26-24(19-23)13-15-36(29(26)37)16-14-32(3,44(5,39)40)30(38)35-43-28-8-6-7-17-42-28/h9-13,15,18-19,28,34H,6-8,14,16-17,20-21H2,1-5H3,(H,35,38). The summed E-state index contributed by atoms with van der Waals surface area (Å²) in [6.45, 7) is 6.83. The van der Waals surface area contributed by atoms with Gasteiger partial charge in [-0.25, -0.2) is 23.1 Å². The van der Waals surface area contributed by atoms with Crippen LogP contribution in [0.4, 0.5) is 4.39 Å². The van der Waals surface area contributed by atoms with Crippen LogP contribution in [0, 0.1) is 5.82 Å². The highest BCUT2D eigenvalue weighted by molar-refractivity contribution is 7.92. The minimum absolute atomic E-state index is 0.0286. The molecule has 2 N–H and O–H groups in total. The number of ether oxygens (including phenoxy) is 2. The van der Waals surface area contributed by atoms with Gasteiger partial charge in [-0.2, -0.15) is 0 Å². The minimum Gasteiger partial charge on any atom is -0.377 e. The molecule has 1 aliphatic rings. The molecule has 0 radical (unpaired) electrons. The zero-order chi connectivity index (χ0) is 32.1. The second kappa shape index (κ2) is 13.9. The molecular formula is C32H42FN3O7S. The van der Waals surface area contributed by atoms with E-state index in [0.717, 1.165) is 24.7 Å². The zero-order valence-electron chi connectivity index (χ0n) is 25.9. The number of hydrogen-bond donors (Lipinski definition) is 2. The molecule has 2 atom stereocenters. The van der Waals surface area contributed by atoms with Crippen LogP contribution in [0.5, 0.6) is 0 Å². The third-order valence-electron chi connectivity index (χ3n) is 8.30. The zero-order valence-corrected chi connectivity index (χ0v) is 26.8. The van der Waals surface area contributed by atoms with Crippen molar-refractivity contribution in [2.75, 3.05) is 26.5 Å². The van der Waals surface area contributed by atoms with Gasteiger partial charge in [0.2, 0.25) is 0 Å². The Hall–Kier alpha value is -3.16. The number of hydroxylamine groups is 1. The summed E-state index contributed by atoms with van der Waals surface area (Å²) < 4.78 is 50.9. The number of benzene rings is 2. The van der Waals surface area contributed by atoms with Gasteiger partial charge in [-0.3, -0.25) is 9.59 Å². The van der Waals surface area contributed by atoms with Crippen LogP contribution >= 0.6 is 0 Å². The topological polar surface area (TPSA) is 125 Å². The Bertz CT molecular complexity index is 1650. The summed E-state index contributed by atoms with van der Waals surface area (Å²) in [6, 6.07) is 11.8. The SMILES string of the molecule is COC(C)(C)CNCc1ccc(-c2ccc3c(=O)n(CCC(C)(C(=O)NOC4CCCCO4)S(C)(=O)=O)ccc3c2)c(F)c1. The molecule has 4 rings (SSSR count). The smallest absolute Gasteiger partial charge is 0.264 e. The lowest BCUT2D eigenvalue weighted by Gasteiger charge is -2.28. The second-order valence-corrected chi connectivity index (χ2v) is 14.5. The van der Waals surface area contributed by atoms with Gasteiger partial charge < -0.3 is 19.4 Å². The number of halogens is 1. The van der Waals surface area contributed by atoms with Crippen molar-refractivity contribution in [3.05, 3.63) is 70.4 Å². The summed E-state index contributed by atoms with van der Waals surface area (Å²) >= 11 is 0. The number of carbonyl (C=O) groups excluding carboxylic acids is 1. The van der Waals surface area contributed by atoms with Gasteiger partial charge in [0.25, 0.3) is 11.5 Å². The highest BCUT2D eigenvalue weighted by Crippen LogP contribution is 2.27. The molecule has 240 valence electrons. The first kappa shape index (κ1) is 33.7. The lowest BCUT2D eigenvalue weighted by Crippen LogP contribution is -2.51. The number of fused-ring (bicyclic) bond motifs is 1. The molecule has 0 aliphatic carbocycles. The molecule has 0 spiro atoms. The number of amides is 1. The number of sulfone groups is 1. The van der Waals surface area contributed by atoms with E-state index in [-0.39, 0.29) is 29.9 Å². The van der Waals surface area contributed by atoms with E-state index in [1.54, 1.807) is 43.6 Å². The molecule has 12 heteroatoms. The van der Waals surface area contributed by atoms with Gasteiger partial charge in [0, 0.05) is 63.2 Å². The maximum Gasteiger partial charge on any atom is 0.264 e. The number of nitrogens with one attached hydrogen (secondary N) is 2. The van der Waals surface area contributed by atoms with Crippen molar-refractivity contribution in [2.24, 2.45) is 0 Å². The highest BCUT2D eigenvalue weighted by atomic mass is 32.2. The predicted octanol–water partition coefficient (Wildman–Crippen LogP) is 4.09. The van der Waals surface area contributed by atoms with Crippen LogP contribution in [0.1, 0.15) is 52.0 Å². The van der Waals surface area contributed by atoms with Gasteiger partial charge in [0.05, 0.1) is 5.60 Å². The monoisotopic (exact) mass is 631 g/mol. The first-order valence-corrected chi connectivity index (χ1v) is 16.6. The van der Waals surface area contributed by atoms with Crippen molar-refractivity contribution in [3.8, 4) is 11.1 Å². The summed E-state index contributed by atoms with van der Waals surface area (Å²) in [4.78, 5) is 31.7. The Morgan fingerprint density at radius 3 is 2.57 bits per heavy atom. The normalized spacial score (nSPS) is 17.4. The number of hydrogen-bond acceptors (Lipinski definition) is 8. The fourth-order valence-corrected chi connectivity index (χ4v) is 5.79. The van der Waals surface area contributed by atoms with Gasteiger partial charge >= 0.3 is 0 Å². The van der Waals surface area contributed by atoms with E-state index in [2.05, 4.69) is 10.8 Å². The van der Waals surface area contributed by atoms with Crippen LogP contribution in [0.3, 0.4) is 0 Å². The third kappa shape index (κ3) is 7.91. The maximum atomic E-state index is 15.1. The van der Waals surface area contributed by atoms with Gasteiger partial charge in [0.1, 0.15) is 5.82 Å². The van der Waals surface area contributed by atoms with Crippen molar-refractivity contribution >= 4 is 26.5 Å². The van der Waals surface area contributed by atoms with E-state index < -0.39 is 26.8 Å². The van der Waals surface area contributed by atoms with E-state index >= 15 is 4.39 Å². The second-order valence-electron chi connectivity index (χ2n) is 12.1. The van der Waals surface area contributed by atoms with Gasteiger partial charge in [-0.15, -0.1) is 0 Å². The molecule has 1 amide bonds. The Balaban J connectivity index is 1.47. The molecule has 0 saturated carbocycles. The van der Waals surface area contributed by atoms with E-state index in [1.807, 2.05) is 19.9 Å². The Labute approximate surface area is 257 Å². The molecular weight excluding hydrogens is 589 g/mol. The molecule has 1 saturated heterocycles. The molecule has 2 heterocycles. The van der Waals surface area contributed by atoms with Gasteiger partial charge in [-0.1, -0.05) is 18.2 Å². The molecule has 1 aliphatic heterocycles. The van der Waals surface area contributed by atoms with E-state index in [1.165, 1.54) is 17.6 Å². The molecule has 1 aromatic heterocycles. The Kier molecular flexibility index (Phi) is 10.6. The lowest BCUT2D eigenvalue weighted by molar-refractivity contribution is -0.201. The summed E-state index contributed by atoms with van der Waals surface area (Å²) in [6.07, 6.45) is 4.11. The average molecular weight is 632 g/mol. The molecule has 2 unspecified atom stereocenters. The summed E-state index contributed by atoms with van der Waals surface area (Å²) in [5, 5.41) is 4.27. The Morgan fingerprint density at radius 2 is 1.91 bits per heavy atom. The average Bonchev–Trinajstić information content (AvgIpc) is 2.99. The third-order valence-corrected chi connectivity index (χ3v) is 10.3. The van der Waals surface area contributed by atoms with Gasteiger partial charge in [-0.05, 0) is 80.8 Å². The van der Waals surface area contributed by atoms with E-state index in [4.69, 9.17) is 14.3 Å². The lowest BCUT2D eigenvalue weighted by atomic mass is 10.00. The Morgan fingerprint density at radius 1 is 1.14 bits per heavy atom. The van der Waals surface area contributed by atoms with Crippen LogP contribution in [0.2, 0.25) is 0 Å². The van der Waals surface area contributed by atoms with Crippen molar-refractivity contribution in [3.63, 3.8) is 0 Å². The quantitative estimate of drug-likeness (QED) is 0.271. The molecule has 3 aromatic rings. The fraction of sp³-hybridized carbons (Fsp3) is 0.500. The molecule has 0 bridgehead atoms. The molecule has 10 nitrogen and oxygen atoms in total. The summed E-state index contributed by atoms with van der Waals surface area (Å²) in [7, 11) is -2.24. The van der Waals surface area contributed by atoms with E-state index in [0.29, 0.717) is 48.0 Å². The van der Waals surface area contributed by atoms with E-state index in [9.17, 15) is 18.0 Å². The summed E-state index contributed by atoms with van der Waals surface area (Å²) in [5.74, 6) is -1.20. The first-order chi connectivity index (χ1) is 20.7. The summed E-state index contributed by atoms with van der Waals surface area (Å²) in [5.41, 5.74) is 3.41. The van der Waals surface area contributed by atoms with Crippen LogP contribution in [0.25, 0.3) is 21.9 Å². The number of rotatable bonds is 13. The molecule has 2 aromatic carbocycles. The number of methoxy groups -OCH3 is 1. The van der Waals surface area contributed by atoms with Gasteiger partial charge in [0.15, 0.2) is 20.9 Å². The molecule has 44 heavy (non-hydrogen) atoms. The number of carbonyl (C=O) groups is 1.